The van der Waals surface area contributed by atoms with Crippen molar-refractivity contribution < 1.29 is 14.3 Å². The number of benzene rings is 2. The third-order valence-electron chi connectivity index (χ3n) is 3.21. The Bertz CT molecular complexity index is 690. The van der Waals surface area contributed by atoms with Crippen LogP contribution in [0, 0.1) is 5.92 Å². The lowest BCUT2D eigenvalue weighted by Crippen LogP contribution is -2.13. The van der Waals surface area contributed by atoms with Crippen molar-refractivity contribution >= 4 is 29.7 Å². The van der Waals surface area contributed by atoms with E-state index in [0.717, 1.165) is 0 Å². The average molecular weight is 351 g/mol. The summed E-state index contributed by atoms with van der Waals surface area (Å²) in [6.07, 6.45) is 0. The smallest absolute Gasteiger partial charge is 0.255 e. The van der Waals surface area contributed by atoms with Crippen molar-refractivity contribution in [1.82, 2.24) is 0 Å². The number of hydrogen-bond acceptors (Lipinski definition) is 4. The Morgan fingerprint density at radius 1 is 1.17 bits per heavy atom. The van der Waals surface area contributed by atoms with E-state index >= 15 is 0 Å². The SMILES string of the molecule is COc1cc(C(=O)Nc2ccccc2N)ccc1OCC(C)C.Cl. The third kappa shape index (κ3) is 5.06. The molecule has 3 N–H and O–H groups in total. The first-order valence-corrected chi connectivity index (χ1v) is 7.48. The van der Waals surface area contributed by atoms with Crippen molar-refractivity contribution in [2.75, 3.05) is 24.8 Å². The van der Waals surface area contributed by atoms with Gasteiger partial charge in [-0.15, -0.1) is 12.4 Å². The summed E-state index contributed by atoms with van der Waals surface area (Å²) < 4.78 is 11.0. The molecule has 0 radical (unpaired) electrons. The van der Waals surface area contributed by atoms with Gasteiger partial charge in [0.2, 0.25) is 0 Å². The Kier molecular flexibility index (Phi) is 7.39. The van der Waals surface area contributed by atoms with E-state index in [0.29, 0.717) is 41.0 Å². The zero-order valence-electron chi connectivity index (χ0n) is 14.0. The molecule has 0 fully saturated rings. The van der Waals surface area contributed by atoms with Crippen molar-refractivity contribution in [2.24, 2.45) is 5.92 Å². The number of carbonyl (C=O) groups is 1. The van der Waals surface area contributed by atoms with Gasteiger partial charge in [0.05, 0.1) is 25.1 Å². The quantitative estimate of drug-likeness (QED) is 0.772. The van der Waals surface area contributed by atoms with Crippen LogP contribution < -0.4 is 20.5 Å². The number of nitrogens with two attached hydrogens (primary N) is 1. The number of methoxy groups -OCH3 is 1. The molecule has 1 amide bonds. The van der Waals surface area contributed by atoms with Gasteiger partial charge >= 0.3 is 0 Å². The summed E-state index contributed by atoms with van der Waals surface area (Å²) >= 11 is 0. The molecule has 0 aliphatic heterocycles. The number of nitrogens with one attached hydrogen (secondary N) is 1. The van der Waals surface area contributed by atoms with Crippen molar-refractivity contribution in [1.29, 1.82) is 0 Å². The molecular weight excluding hydrogens is 328 g/mol. The van der Waals surface area contributed by atoms with E-state index in [-0.39, 0.29) is 18.3 Å². The summed E-state index contributed by atoms with van der Waals surface area (Å²) in [4.78, 5) is 12.3. The van der Waals surface area contributed by atoms with E-state index in [1.165, 1.54) is 0 Å². The van der Waals surface area contributed by atoms with Crippen LogP contribution in [-0.2, 0) is 0 Å². The maximum absolute atomic E-state index is 12.3. The van der Waals surface area contributed by atoms with Crippen LogP contribution in [0.3, 0.4) is 0 Å². The second kappa shape index (κ2) is 9.03. The number of nitrogen functional groups attached to an aromatic ring is 1. The van der Waals surface area contributed by atoms with Crippen LogP contribution in [-0.4, -0.2) is 19.6 Å². The van der Waals surface area contributed by atoms with Gasteiger partial charge in [-0.25, -0.2) is 0 Å². The normalized spacial score (nSPS) is 10.0. The molecule has 0 saturated carbocycles. The highest BCUT2D eigenvalue weighted by molar-refractivity contribution is 6.06. The molecule has 0 saturated heterocycles. The topological polar surface area (TPSA) is 73.6 Å². The maximum atomic E-state index is 12.3. The van der Waals surface area contributed by atoms with Crippen LogP contribution in [0.1, 0.15) is 24.2 Å². The zero-order valence-corrected chi connectivity index (χ0v) is 14.9. The number of amides is 1. The minimum Gasteiger partial charge on any atom is -0.493 e. The van der Waals surface area contributed by atoms with Gasteiger partial charge in [0.15, 0.2) is 11.5 Å². The highest BCUT2D eigenvalue weighted by atomic mass is 35.5. The number of hydrogen-bond donors (Lipinski definition) is 2. The highest BCUT2D eigenvalue weighted by Crippen LogP contribution is 2.29. The molecule has 5 nitrogen and oxygen atoms in total. The van der Waals surface area contributed by atoms with Crippen LogP contribution in [0.2, 0.25) is 0 Å². The number of ether oxygens (including phenoxy) is 2. The molecule has 0 aliphatic carbocycles. The minimum atomic E-state index is -0.253. The fourth-order valence-corrected chi connectivity index (χ4v) is 1.99. The Labute approximate surface area is 148 Å². The van der Waals surface area contributed by atoms with Gasteiger partial charge < -0.3 is 20.5 Å². The van der Waals surface area contributed by atoms with E-state index in [2.05, 4.69) is 19.2 Å². The second-order valence-electron chi connectivity index (χ2n) is 5.61. The van der Waals surface area contributed by atoms with E-state index in [9.17, 15) is 4.79 Å². The molecule has 0 heterocycles. The predicted molar refractivity (Wildman–Crippen MR) is 99.4 cm³/mol. The average Bonchev–Trinajstić information content (AvgIpc) is 2.54. The second-order valence-corrected chi connectivity index (χ2v) is 5.61. The number of halogens is 1. The van der Waals surface area contributed by atoms with Gasteiger partial charge in [-0.3, -0.25) is 4.79 Å². The summed E-state index contributed by atoms with van der Waals surface area (Å²) in [5.41, 5.74) is 7.41. The molecule has 2 aromatic rings. The molecule has 0 spiro atoms. The number of carbonyl (C=O) groups excluding carboxylic acids is 1. The van der Waals surface area contributed by atoms with Crippen LogP contribution in [0.15, 0.2) is 42.5 Å². The van der Waals surface area contributed by atoms with Gasteiger partial charge in [-0.05, 0) is 36.2 Å². The highest BCUT2D eigenvalue weighted by Gasteiger charge is 2.12. The summed E-state index contributed by atoms with van der Waals surface area (Å²) in [5, 5.41) is 2.79. The monoisotopic (exact) mass is 350 g/mol. The Balaban J connectivity index is 0.00000288. The first-order valence-electron chi connectivity index (χ1n) is 7.48. The summed E-state index contributed by atoms with van der Waals surface area (Å²) in [6.45, 7) is 4.72. The predicted octanol–water partition coefficient (Wildman–Crippen LogP) is 3.99. The molecular formula is C18H23ClN2O3. The number of rotatable bonds is 6. The van der Waals surface area contributed by atoms with Crippen LogP contribution in [0.25, 0.3) is 0 Å². The van der Waals surface area contributed by atoms with Gasteiger partial charge in [0.1, 0.15) is 0 Å². The lowest BCUT2D eigenvalue weighted by Gasteiger charge is -2.14. The molecule has 130 valence electrons. The van der Waals surface area contributed by atoms with Crippen molar-refractivity contribution in [2.45, 2.75) is 13.8 Å². The van der Waals surface area contributed by atoms with Crippen LogP contribution >= 0.6 is 12.4 Å². The summed E-state index contributed by atoms with van der Waals surface area (Å²) in [5.74, 6) is 1.30. The third-order valence-corrected chi connectivity index (χ3v) is 3.21. The first kappa shape index (κ1) is 19.6. The maximum Gasteiger partial charge on any atom is 0.255 e. The number of para-hydroxylation sites is 2. The fraction of sp³-hybridized carbons (Fsp3) is 0.278. The molecule has 0 bridgehead atoms. The molecule has 6 heteroatoms. The van der Waals surface area contributed by atoms with E-state index < -0.39 is 0 Å². The van der Waals surface area contributed by atoms with E-state index in [1.54, 1.807) is 37.4 Å². The van der Waals surface area contributed by atoms with Crippen molar-refractivity contribution in [3.05, 3.63) is 48.0 Å². The Morgan fingerprint density at radius 2 is 1.88 bits per heavy atom. The lowest BCUT2D eigenvalue weighted by molar-refractivity contribution is 0.102. The lowest BCUT2D eigenvalue weighted by atomic mass is 10.1. The molecule has 0 aliphatic rings. The first-order chi connectivity index (χ1) is 11.0. The fourth-order valence-electron chi connectivity index (χ4n) is 1.99. The standard InChI is InChI=1S/C18H22N2O3.ClH/c1-12(2)11-23-16-9-8-13(10-17(16)22-3)18(21)20-15-7-5-4-6-14(15)19;/h4-10,12H,11,19H2,1-3H3,(H,20,21);1H. The molecule has 0 atom stereocenters. The largest absolute Gasteiger partial charge is 0.493 e. The molecule has 0 aromatic heterocycles. The summed E-state index contributed by atoms with van der Waals surface area (Å²) in [6, 6.07) is 12.2. The van der Waals surface area contributed by atoms with Gasteiger partial charge in [-0.1, -0.05) is 26.0 Å². The van der Waals surface area contributed by atoms with Crippen molar-refractivity contribution in [3.8, 4) is 11.5 Å². The van der Waals surface area contributed by atoms with Crippen LogP contribution in [0.5, 0.6) is 11.5 Å². The van der Waals surface area contributed by atoms with Gasteiger partial charge in [0, 0.05) is 5.56 Å². The molecule has 0 unspecified atom stereocenters. The molecule has 2 rings (SSSR count). The molecule has 24 heavy (non-hydrogen) atoms. The van der Waals surface area contributed by atoms with Crippen molar-refractivity contribution in [3.63, 3.8) is 0 Å². The summed E-state index contributed by atoms with van der Waals surface area (Å²) in [7, 11) is 1.55. The Morgan fingerprint density at radius 3 is 2.50 bits per heavy atom. The van der Waals surface area contributed by atoms with Crippen LogP contribution in [0.4, 0.5) is 11.4 Å². The van der Waals surface area contributed by atoms with Gasteiger partial charge in [-0.2, -0.15) is 0 Å². The molecule has 2 aromatic carbocycles. The van der Waals surface area contributed by atoms with Gasteiger partial charge in [0.25, 0.3) is 5.91 Å². The minimum absolute atomic E-state index is 0. The zero-order chi connectivity index (χ0) is 16.8. The Hall–Kier alpha value is -2.40. The number of anilines is 2. The van der Waals surface area contributed by atoms with E-state index in [1.807, 2.05) is 12.1 Å². The van der Waals surface area contributed by atoms with E-state index in [4.69, 9.17) is 15.2 Å².